The van der Waals surface area contributed by atoms with Gasteiger partial charge in [0, 0.05) is 24.3 Å². The first-order valence-corrected chi connectivity index (χ1v) is 7.82. The van der Waals surface area contributed by atoms with Crippen LogP contribution in [-0.2, 0) is 20.9 Å². The van der Waals surface area contributed by atoms with E-state index in [1.54, 1.807) is 4.90 Å². The number of nitrogens with one attached hydrogen (secondary N) is 1. The van der Waals surface area contributed by atoms with Gasteiger partial charge in [0.15, 0.2) is 0 Å². The minimum absolute atomic E-state index is 0.0388. The molecule has 0 saturated carbocycles. The van der Waals surface area contributed by atoms with Gasteiger partial charge in [-0.05, 0) is 24.4 Å². The smallest absolute Gasteiger partial charge is 0.242 e. The zero-order valence-corrected chi connectivity index (χ0v) is 13.2. The highest BCUT2D eigenvalue weighted by Crippen LogP contribution is 2.18. The average molecular weight is 315 g/mol. The Labute approximate surface area is 135 Å². The van der Waals surface area contributed by atoms with Gasteiger partial charge < -0.3 is 19.5 Å². The van der Waals surface area contributed by atoms with Crippen LogP contribution in [0.4, 0.5) is 0 Å². The second kappa shape index (κ2) is 6.83. The lowest BCUT2D eigenvalue weighted by atomic mass is 10.2. The number of nitrogens with zero attached hydrogens (tertiary/aromatic N) is 2. The molecule has 0 spiro atoms. The second-order valence-corrected chi connectivity index (χ2v) is 5.70. The van der Waals surface area contributed by atoms with Gasteiger partial charge in [-0.25, -0.2) is 0 Å². The number of ether oxygens (including phenoxy) is 1. The number of aryl methyl sites for hydroxylation is 1. The molecule has 6 nitrogen and oxygen atoms in total. The number of carbonyl (C=O) groups excluding carboxylic acids is 2. The fourth-order valence-corrected chi connectivity index (χ4v) is 2.86. The van der Waals surface area contributed by atoms with Gasteiger partial charge >= 0.3 is 0 Å². The van der Waals surface area contributed by atoms with E-state index in [1.165, 1.54) is 0 Å². The Bertz CT molecular complexity index is 717. The van der Waals surface area contributed by atoms with Crippen molar-refractivity contribution in [1.29, 1.82) is 0 Å². The molecule has 122 valence electrons. The Balaban J connectivity index is 1.58. The molecule has 3 rings (SSSR count). The summed E-state index contributed by atoms with van der Waals surface area (Å²) in [5, 5.41) is 3.83. The highest BCUT2D eigenvalue weighted by Gasteiger charge is 2.17. The van der Waals surface area contributed by atoms with Crippen molar-refractivity contribution in [3.63, 3.8) is 0 Å². The van der Waals surface area contributed by atoms with E-state index in [9.17, 15) is 9.59 Å². The maximum Gasteiger partial charge on any atom is 0.242 e. The zero-order chi connectivity index (χ0) is 16.2. The third kappa shape index (κ3) is 3.53. The van der Waals surface area contributed by atoms with Crippen molar-refractivity contribution in [2.75, 3.05) is 32.8 Å². The van der Waals surface area contributed by atoms with Gasteiger partial charge in [-0.2, -0.15) is 0 Å². The molecule has 2 amide bonds. The molecule has 1 aromatic carbocycles. The summed E-state index contributed by atoms with van der Waals surface area (Å²) in [5.41, 5.74) is 2.06. The molecule has 0 atom stereocenters. The molecule has 2 heterocycles. The summed E-state index contributed by atoms with van der Waals surface area (Å²) in [6.45, 7) is 4.55. The summed E-state index contributed by atoms with van der Waals surface area (Å²) in [6.07, 6.45) is 0. The first-order valence-electron chi connectivity index (χ1n) is 7.82. The maximum atomic E-state index is 12.2. The molecule has 2 aromatic rings. The molecule has 1 fully saturated rings. The third-order valence-corrected chi connectivity index (χ3v) is 4.12. The number of hydrogen-bond donors (Lipinski definition) is 1. The summed E-state index contributed by atoms with van der Waals surface area (Å²) in [4.78, 5) is 25.9. The summed E-state index contributed by atoms with van der Waals surface area (Å²) in [5.74, 6) is -0.216. The van der Waals surface area contributed by atoms with Gasteiger partial charge in [-0.15, -0.1) is 0 Å². The Kier molecular flexibility index (Phi) is 4.62. The van der Waals surface area contributed by atoms with Crippen LogP contribution < -0.4 is 5.32 Å². The average Bonchev–Trinajstić information content (AvgIpc) is 2.89. The van der Waals surface area contributed by atoms with Crippen LogP contribution in [0.2, 0.25) is 0 Å². The normalized spacial score (nSPS) is 14.9. The van der Waals surface area contributed by atoms with E-state index in [0.717, 1.165) is 16.6 Å². The van der Waals surface area contributed by atoms with Crippen molar-refractivity contribution < 1.29 is 14.3 Å². The Morgan fingerprint density at radius 1 is 1.22 bits per heavy atom. The molecule has 1 aromatic heterocycles. The van der Waals surface area contributed by atoms with Gasteiger partial charge in [-0.1, -0.05) is 18.2 Å². The van der Waals surface area contributed by atoms with E-state index in [4.69, 9.17) is 4.74 Å². The second-order valence-electron chi connectivity index (χ2n) is 5.70. The predicted octanol–water partition coefficient (Wildman–Crippen LogP) is 0.925. The summed E-state index contributed by atoms with van der Waals surface area (Å²) in [6, 6.07) is 10.0. The molecule has 6 heteroatoms. The van der Waals surface area contributed by atoms with E-state index >= 15 is 0 Å². The Hall–Kier alpha value is -2.34. The van der Waals surface area contributed by atoms with Crippen molar-refractivity contribution >= 4 is 22.7 Å². The van der Waals surface area contributed by atoms with Crippen LogP contribution in [0.5, 0.6) is 0 Å². The number of carbonyl (C=O) groups is 2. The molecule has 1 saturated heterocycles. The summed E-state index contributed by atoms with van der Waals surface area (Å²) >= 11 is 0. The van der Waals surface area contributed by atoms with Crippen LogP contribution >= 0.6 is 0 Å². The lowest BCUT2D eigenvalue weighted by Crippen LogP contribution is -2.46. The predicted molar refractivity (Wildman–Crippen MR) is 87.1 cm³/mol. The molecule has 0 aliphatic carbocycles. The lowest BCUT2D eigenvalue weighted by Gasteiger charge is -2.26. The van der Waals surface area contributed by atoms with E-state index in [0.29, 0.717) is 26.3 Å². The monoisotopic (exact) mass is 315 g/mol. The highest BCUT2D eigenvalue weighted by atomic mass is 16.5. The zero-order valence-electron chi connectivity index (χ0n) is 13.2. The van der Waals surface area contributed by atoms with Crippen molar-refractivity contribution in [3.8, 4) is 0 Å². The first-order chi connectivity index (χ1) is 11.1. The van der Waals surface area contributed by atoms with Crippen LogP contribution in [0.15, 0.2) is 30.3 Å². The molecule has 0 unspecified atom stereocenters. The van der Waals surface area contributed by atoms with E-state index in [1.807, 2.05) is 35.8 Å². The number of para-hydroxylation sites is 1. The largest absolute Gasteiger partial charge is 0.378 e. The minimum atomic E-state index is -0.156. The Morgan fingerprint density at radius 3 is 2.74 bits per heavy atom. The van der Waals surface area contributed by atoms with E-state index in [2.05, 4.69) is 11.4 Å². The summed E-state index contributed by atoms with van der Waals surface area (Å²) in [7, 11) is 0. The fourth-order valence-electron chi connectivity index (χ4n) is 2.86. The lowest BCUT2D eigenvalue weighted by molar-refractivity contribution is -0.136. The number of amides is 2. The number of fused-ring (bicyclic) bond motifs is 1. The summed E-state index contributed by atoms with van der Waals surface area (Å²) < 4.78 is 7.18. The topological polar surface area (TPSA) is 63.6 Å². The fraction of sp³-hybridized carbons (Fsp3) is 0.412. The van der Waals surface area contributed by atoms with Crippen molar-refractivity contribution in [1.82, 2.24) is 14.8 Å². The number of benzene rings is 1. The number of rotatable bonds is 4. The molecule has 0 bridgehead atoms. The molecular weight excluding hydrogens is 294 g/mol. The molecule has 23 heavy (non-hydrogen) atoms. The molecular formula is C17H21N3O3. The highest BCUT2D eigenvalue weighted by molar-refractivity contribution is 5.87. The quantitative estimate of drug-likeness (QED) is 0.913. The third-order valence-electron chi connectivity index (χ3n) is 4.12. The van der Waals surface area contributed by atoms with Crippen LogP contribution in [0, 0.1) is 6.92 Å². The maximum absolute atomic E-state index is 12.2. The van der Waals surface area contributed by atoms with Crippen LogP contribution in [0.3, 0.4) is 0 Å². The number of aromatic nitrogens is 1. The van der Waals surface area contributed by atoms with Crippen LogP contribution in [-0.4, -0.2) is 54.1 Å². The van der Waals surface area contributed by atoms with Gasteiger partial charge in [0.25, 0.3) is 0 Å². The molecule has 1 aliphatic rings. The molecule has 1 N–H and O–H groups in total. The van der Waals surface area contributed by atoms with Gasteiger partial charge in [0.05, 0.1) is 19.8 Å². The Morgan fingerprint density at radius 2 is 1.96 bits per heavy atom. The first kappa shape index (κ1) is 15.6. The van der Waals surface area contributed by atoms with Crippen molar-refractivity contribution in [3.05, 3.63) is 36.0 Å². The van der Waals surface area contributed by atoms with Crippen molar-refractivity contribution in [2.24, 2.45) is 0 Å². The number of hydrogen-bond acceptors (Lipinski definition) is 3. The van der Waals surface area contributed by atoms with E-state index in [-0.39, 0.29) is 24.9 Å². The van der Waals surface area contributed by atoms with Gasteiger partial charge in [-0.3, -0.25) is 9.59 Å². The number of morpholine rings is 1. The van der Waals surface area contributed by atoms with Gasteiger partial charge in [0.1, 0.15) is 6.54 Å². The molecule has 0 radical (unpaired) electrons. The van der Waals surface area contributed by atoms with Gasteiger partial charge in [0.2, 0.25) is 11.8 Å². The minimum Gasteiger partial charge on any atom is -0.378 e. The van der Waals surface area contributed by atoms with Crippen molar-refractivity contribution in [2.45, 2.75) is 13.5 Å². The van der Waals surface area contributed by atoms with Crippen LogP contribution in [0.25, 0.3) is 10.9 Å². The van der Waals surface area contributed by atoms with Crippen LogP contribution in [0.1, 0.15) is 5.69 Å². The standard InChI is InChI=1S/C17H21N3O3/c1-13-10-14-4-2-3-5-15(14)20(13)12-16(21)18-11-17(22)19-6-8-23-9-7-19/h2-5,10H,6-9,11-12H2,1H3,(H,18,21). The van der Waals surface area contributed by atoms with E-state index < -0.39 is 0 Å². The SMILES string of the molecule is Cc1cc2ccccc2n1CC(=O)NCC(=O)N1CCOCC1. The molecule has 1 aliphatic heterocycles.